The first kappa shape index (κ1) is 19.3. The van der Waals surface area contributed by atoms with Crippen molar-refractivity contribution in [3.8, 4) is 22.3 Å². The molecule has 1 aromatic heterocycles. The van der Waals surface area contributed by atoms with Gasteiger partial charge in [0.25, 0.3) is 0 Å². The lowest BCUT2D eigenvalue weighted by Gasteiger charge is -2.34. The van der Waals surface area contributed by atoms with Crippen molar-refractivity contribution in [3.05, 3.63) is 66.1 Å². The molecule has 0 saturated carbocycles. The standard InChI is InChI=1S/C22H21F3N4/c1-28-6-8-29(9-7-28)17-4-2-14(3-5-17)18-10-16(13-27-22(18)26)15-11-19(23)21(25)20(24)12-15/h2-5,10-13H,6-9H2,1H3,(H2,26,27). The predicted octanol–water partition coefficient (Wildman–Crippen LogP) is 4.17. The summed E-state index contributed by atoms with van der Waals surface area (Å²) in [6.07, 6.45) is 1.42. The summed E-state index contributed by atoms with van der Waals surface area (Å²) in [5.41, 5.74) is 9.32. The molecule has 4 rings (SSSR count). The maximum absolute atomic E-state index is 13.6. The fourth-order valence-corrected chi connectivity index (χ4v) is 3.50. The third-order valence-electron chi connectivity index (χ3n) is 5.28. The number of likely N-dealkylation sites (N-methyl/N-ethyl adjacent to an activating group) is 1. The molecule has 0 amide bonds. The van der Waals surface area contributed by atoms with Crippen molar-refractivity contribution in [2.24, 2.45) is 0 Å². The normalized spacial score (nSPS) is 15.0. The molecule has 1 fully saturated rings. The topological polar surface area (TPSA) is 45.4 Å². The second-order valence-corrected chi connectivity index (χ2v) is 7.25. The lowest BCUT2D eigenvalue weighted by Crippen LogP contribution is -2.44. The lowest BCUT2D eigenvalue weighted by atomic mass is 10.0. The summed E-state index contributed by atoms with van der Waals surface area (Å²) >= 11 is 0. The molecule has 2 heterocycles. The van der Waals surface area contributed by atoms with Crippen molar-refractivity contribution in [3.63, 3.8) is 0 Å². The molecule has 1 saturated heterocycles. The smallest absolute Gasteiger partial charge is 0.194 e. The van der Waals surface area contributed by atoms with Crippen molar-refractivity contribution < 1.29 is 13.2 Å². The van der Waals surface area contributed by atoms with Crippen molar-refractivity contribution in [1.29, 1.82) is 0 Å². The summed E-state index contributed by atoms with van der Waals surface area (Å²) in [6.45, 7) is 3.98. The first-order valence-corrected chi connectivity index (χ1v) is 9.37. The van der Waals surface area contributed by atoms with E-state index in [1.807, 2.05) is 24.3 Å². The number of rotatable bonds is 3. The summed E-state index contributed by atoms with van der Waals surface area (Å²) < 4.78 is 40.5. The number of hydrogen-bond donors (Lipinski definition) is 1. The van der Waals surface area contributed by atoms with Crippen LogP contribution in [-0.4, -0.2) is 43.1 Å². The molecule has 29 heavy (non-hydrogen) atoms. The average molecular weight is 398 g/mol. The minimum absolute atomic E-state index is 0.198. The van der Waals surface area contributed by atoms with Crippen LogP contribution in [0.1, 0.15) is 0 Å². The van der Waals surface area contributed by atoms with Crippen molar-refractivity contribution in [1.82, 2.24) is 9.88 Å². The van der Waals surface area contributed by atoms with E-state index < -0.39 is 17.5 Å². The number of pyridine rings is 1. The maximum Gasteiger partial charge on any atom is 0.194 e. The maximum atomic E-state index is 13.6. The monoisotopic (exact) mass is 398 g/mol. The van der Waals surface area contributed by atoms with Gasteiger partial charge in [-0.05, 0) is 48.5 Å². The zero-order chi connectivity index (χ0) is 20.5. The Morgan fingerprint density at radius 3 is 2.07 bits per heavy atom. The second kappa shape index (κ2) is 7.75. The molecule has 1 aliphatic rings. The largest absolute Gasteiger partial charge is 0.383 e. The van der Waals surface area contributed by atoms with Crippen LogP contribution in [-0.2, 0) is 0 Å². The minimum Gasteiger partial charge on any atom is -0.383 e. The van der Waals surface area contributed by atoms with Crippen molar-refractivity contribution in [2.75, 3.05) is 43.9 Å². The van der Waals surface area contributed by atoms with Crippen LogP contribution in [0.25, 0.3) is 22.3 Å². The van der Waals surface area contributed by atoms with Crippen LogP contribution in [0.3, 0.4) is 0 Å². The highest BCUT2D eigenvalue weighted by atomic mass is 19.2. The van der Waals surface area contributed by atoms with Gasteiger partial charge in [-0.15, -0.1) is 0 Å². The van der Waals surface area contributed by atoms with E-state index in [0.29, 0.717) is 16.9 Å². The molecule has 3 aromatic rings. The van der Waals surface area contributed by atoms with E-state index in [1.54, 1.807) is 6.07 Å². The SMILES string of the molecule is CN1CCN(c2ccc(-c3cc(-c4cc(F)c(F)c(F)c4)cnc3N)cc2)CC1. The Morgan fingerprint density at radius 2 is 1.45 bits per heavy atom. The van der Waals surface area contributed by atoms with Gasteiger partial charge < -0.3 is 15.5 Å². The lowest BCUT2D eigenvalue weighted by molar-refractivity contribution is 0.313. The number of nitrogen functional groups attached to an aromatic ring is 1. The van der Waals surface area contributed by atoms with Gasteiger partial charge in [0.2, 0.25) is 0 Å². The molecule has 0 spiro atoms. The Morgan fingerprint density at radius 1 is 0.828 bits per heavy atom. The van der Waals surface area contributed by atoms with Gasteiger partial charge in [0.1, 0.15) is 5.82 Å². The number of nitrogens with two attached hydrogens (primary N) is 1. The van der Waals surface area contributed by atoms with Gasteiger partial charge in [-0.25, -0.2) is 18.2 Å². The summed E-state index contributed by atoms with van der Waals surface area (Å²) in [5.74, 6) is -3.66. The zero-order valence-corrected chi connectivity index (χ0v) is 16.0. The van der Waals surface area contributed by atoms with E-state index >= 15 is 0 Å². The number of anilines is 2. The molecule has 2 N–H and O–H groups in total. The third-order valence-corrected chi connectivity index (χ3v) is 5.28. The Bertz CT molecular complexity index is 1010. The Balaban J connectivity index is 1.64. The third kappa shape index (κ3) is 3.91. The first-order chi connectivity index (χ1) is 13.9. The van der Waals surface area contributed by atoms with Crippen LogP contribution in [0, 0.1) is 17.5 Å². The minimum atomic E-state index is -1.49. The molecule has 0 bridgehead atoms. The molecular formula is C22H21F3N4. The number of halogens is 3. The van der Waals surface area contributed by atoms with E-state index in [1.165, 1.54) is 6.20 Å². The van der Waals surface area contributed by atoms with Crippen LogP contribution in [0.5, 0.6) is 0 Å². The summed E-state index contributed by atoms with van der Waals surface area (Å²) in [5, 5.41) is 0. The molecule has 0 radical (unpaired) electrons. The fraction of sp³-hybridized carbons (Fsp3) is 0.227. The average Bonchev–Trinajstić information content (AvgIpc) is 2.73. The number of benzene rings is 2. The van der Waals surface area contributed by atoms with Gasteiger partial charge in [0, 0.05) is 49.2 Å². The van der Waals surface area contributed by atoms with Crippen LogP contribution < -0.4 is 10.6 Å². The fourth-order valence-electron chi connectivity index (χ4n) is 3.50. The second-order valence-electron chi connectivity index (χ2n) is 7.25. The molecule has 150 valence electrons. The summed E-state index contributed by atoms with van der Waals surface area (Å²) in [4.78, 5) is 8.78. The van der Waals surface area contributed by atoms with Gasteiger partial charge in [0.15, 0.2) is 17.5 Å². The van der Waals surface area contributed by atoms with E-state index in [2.05, 4.69) is 21.8 Å². The van der Waals surface area contributed by atoms with Gasteiger partial charge in [-0.3, -0.25) is 0 Å². The van der Waals surface area contributed by atoms with Gasteiger partial charge in [-0.2, -0.15) is 0 Å². The molecule has 1 aliphatic heterocycles. The molecule has 0 aliphatic carbocycles. The van der Waals surface area contributed by atoms with Crippen molar-refractivity contribution in [2.45, 2.75) is 0 Å². The Kier molecular flexibility index (Phi) is 5.15. The highest BCUT2D eigenvalue weighted by Gasteiger charge is 2.16. The molecule has 7 heteroatoms. The highest BCUT2D eigenvalue weighted by molar-refractivity contribution is 5.80. The molecule has 4 nitrogen and oxygen atoms in total. The number of nitrogens with zero attached hydrogens (tertiary/aromatic N) is 3. The number of piperazine rings is 1. The van der Waals surface area contributed by atoms with E-state index in [9.17, 15) is 13.2 Å². The van der Waals surface area contributed by atoms with Crippen LogP contribution in [0.2, 0.25) is 0 Å². The molecule has 0 unspecified atom stereocenters. The summed E-state index contributed by atoms with van der Waals surface area (Å²) in [6, 6.07) is 11.6. The highest BCUT2D eigenvalue weighted by Crippen LogP contribution is 2.32. The summed E-state index contributed by atoms with van der Waals surface area (Å²) in [7, 11) is 2.11. The van der Waals surface area contributed by atoms with Crippen LogP contribution in [0.4, 0.5) is 24.7 Å². The predicted molar refractivity (Wildman–Crippen MR) is 109 cm³/mol. The number of hydrogen-bond acceptors (Lipinski definition) is 4. The van der Waals surface area contributed by atoms with E-state index in [-0.39, 0.29) is 5.56 Å². The molecule has 2 aromatic carbocycles. The van der Waals surface area contributed by atoms with Gasteiger partial charge in [0.05, 0.1) is 0 Å². The number of aromatic nitrogens is 1. The van der Waals surface area contributed by atoms with Gasteiger partial charge in [-0.1, -0.05) is 12.1 Å². The first-order valence-electron chi connectivity index (χ1n) is 9.37. The van der Waals surface area contributed by atoms with Crippen LogP contribution >= 0.6 is 0 Å². The molecular weight excluding hydrogens is 377 g/mol. The zero-order valence-electron chi connectivity index (χ0n) is 16.0. The molecule has 0 atom stereocenters. The van der Waals surface area contributed by atoms with E-state index in [4.69, 9.17) is 5.73 Å². The Hall–Kier alpha value is -3.06. The quantitative estimate of drug-likeness (QED) is 0.673. The van der Waals surface area contributed by atoms with Crippen LogP contribution in [0.15, 0.2) is 48.7 Å². The van der Waals surface area contributed by atoms with Gasteiger partial charge >= 0.3 is 0 Å². The van der Waals surface area contributed by atoms with Crippen molar-refractivity contribution >= 4 is 11.5 Å². The van der Waals surface area contributed by atoms with E-state index in [0.717, 1.165) is 49.6 Å². The Labute approximate surface area is 167 Å².